The molecule has 0 bridgehead atoms. The standard InChI is InChI=1S/C39H42ClN3O7/c1-49-36-23-34(33(40)22-29(36)24-44)42-37(45)14-8-11-26-15-20-32(28-12-6-3-7-13-28)35(21-26)43(39(47)48)31-18-16-30(17-19-31)41-38(46)50-25-27-9-4-2-5-10-27/h2-7,9-10,12-13,15,20-23,30-31,44H,8,11,14,16-19,24-25H2,1H3,(H,41,46)(H,42,45)(H,47,48). The molecule has 0 aromatic heterocycles. The third-order valence-electron chi connectivity index (χ3n) is 8.89. The number of aryl methyl sites for hydroxylation is 1. The third kappa shape index (κ3) is 9.55. The summed E-state index contributed by atoms with van der Waals surface area (Å²) in [6, 6.07) is 27.7. The van der Waals surface area contributed by atoms with Crippen molar-refractivity contribution < 1.29 is 34.1 Å². The Morgan fingerprint density at radius 3 is 2.26 bits per heavy atom. The van der Waals surface area contributed by atoms with Crippen LogP contribution in [0.4, 0.5) is 21.0 Å². The Bertz CT molecular complexity index is 1760. The molecule has 50 heavy (non-hydrogen) atoms. The number of nitrogens with zero attached hydrogens (tertiary/aromatic N) is 1. The fourth-order valence-electron chi connectivity index (χ4n) is 6.33. The molecule has 0 radical (unpaired) electrons. The lowest BCUT2D eigenvalue weighted by atomic mass is 9.89. The number of nitrogens with one attached hydrogen (secondary N) is 2. The molecule has 1 aliphatic rings. The molecule has 3 amide bonds. The van der Waals surface area contributed by atoms with Gasteiger partial charge in [-0.05, 0) is 67.3 Å². The van der Waals surface area contributed by atoms with E-state index in [0.29, 0.717) is 66.2 Å². The predicted octanol–water partition coefficient (Wildman–Crippen LogP) is 8.19. The molecule has 4 aromatic rings. The van der Waals surface area contributed by atoms with Crippen LogP contribution >= 0.6 is 11.6 Å². The zero-order valence-corrected chi connectivity index (χ0v) is 28.7. The maximum absolute atomic E-state index is 12.9. The number of aliphatic hydroxyl groups excluding tert-OH is 1. The number of anilines is 2. The van der Waals surface area contributed by atoms with E-state index in [9.17, 15) is 24.6 Å². The van der Waals surface area contributed by atoms with E-state index in [2.05, 4.69) is 10.6 Å². The van der Waals surface area contributed by atoms with Crippen molar-refractivity contribution in [2.45, 2.75) is 70.2 Å². The summed E-state index contributed by atoms with van der Waals surface area (Å²) in [6.07, 6.45) is 2.12. The van der Waals surface area contributed by atoms with E-state index in [1.807, 2.05) is 78.9 Å². The van der Waals surface area contributed by atoms with Gasteiger partial charge in [-0.3, -0.25) is 9.69 Å². The molecule has 11 heteroatoms. The van der Waals surface area contributed by atoms with E-state index in [0.717, 1.165) is 22.3 Å². The molecule has 4 N–H and O–H groups in total. The van der Waals surface area contributed by atoms with Crippen LogP contribution in [0.25, 0.3) is 11.1 Å². The van der Waals surface area contributed by atoms with Crippen molar-refractivity contribution in [3.05, 3.63) is 113 Å². The molecule has 0 unspecified atom stereocenters. The van der Waals surface area contributed by atoms with Gasteiger partial charge in [-0.1, -0.05) is 84.4 Å². The minimum absolute atomic E-state index is 0.111. The molecular weight excluding hydrogens is 658 g/mol. The lowest BCUT2D eigenvalue weighted by Gasteiger charge is -2.36. The number of rotatable bonds is 13. The van der Waals surface area contributed by atoms with Gasteiger partial charge in [-0.2, -0.15) is 0 Å². The van der Waals surface area contributed by atoms with Crippen LogP contribution in [0, 0.1) is 0 Å². The first-order valence-electron chi connectivity index (χ1n) is 16.7. The Labute approximate surface area is 297 Å². The zero-order valence-electron chi connectivity index (χ0n) is 27.9. The van der Waals surface area contributed by atoms with E-state index >= 15 is 0 Å². The van der Waals surface area contributed by atoms with E-state index in [1.54, 1.807) is 12.1 Å². The topological polar surface area (TPSA) is 137 Å². The van der Waals surface area contributed by atoms with Crippen molar-refractivity contribution in [1.82, 2.24) is 5.32 Å². The molecule has 0 aliphatic heterocycles. The van der Waals surface area contributed by atoms with Gasteiger partial charge in [-0.25, -0.2) is 9.59 Å². The van der Waals surface area contributed by atoms with Gasteiger partial charge in [0.05, 0.1) is 30.1 Å². The SMILES string of the molecule is COc1cc(NC(=O)CCCc2ccc(-c3ccccc3)c(N(C(=O)O)C3CCC(NC(=O)OCc4ccccc4)CC3)c2)c(Cl)cc1CO. The average molecular weight is 700 g/mol. The van der Waals surface area contributed by atoms with Crippen LogP contribution < -0.4 is 20.3 Å². The van der Waals surface area contributed by atoms with E-state index in [-0.39, 0.29) is 37.6 Å². The number of benzene rings is 4. The van der Waals surface area contributed by atoms with Gasteiger partial charge in [-0.15, -0.1) is 0 Å². The fraction of sp³-hybridized carbons (Fsp3) is 0.308. The molecule has 1 saturated carbocycles. The number of hydrogen-bond donors (Lipinski definition) is 4. The first kappa shape index (κ1) is 36.2. The normalized spacial score (nSPS) is 15.5. The number of ether oxygens (including phenoxy) is 2. The molecule has 4 aromatic carbocycles. The number of aliphatic hydroxyl groups is 1. The largest absolute Gasteiger partial charge is 0.496 e. The summed E-state index contributed by atoms with van der Waals surface area (Å²) in [4.78, 5) is 39.7. The summed E-state index contributed by atoms with van der Waals surface area (Å²) in [5.41, 5.74) is 5.01. The molecule has 0 heterocycles. The van der Waals surface area contributed by atoms with Gasteiger partial charge < -0.3 is 30.3 Å². The van der Waals surface area contributed by atoms with Crippen LogP contribution in [0.2, 0.25) is 5.02 Å². The maximum Gasteiger partial charge on any atom is 0.412 e. The summed E-state index contributed by atoms with van der Waals surface area (Å²) in [7, 11) is 1.48. The number of alkyl carbamates (subject to hydrolysis) is 1. The number of carbonyl (C=O) groups is 3. The number of amides is 3. The molecule has 1 fully saturated rings. The number of methoxy groups -OCH3 is 1. The summed E-state index contributed by atoms with van der Waals surface area (Å²) in [5, 5.41) is 26.1. The molecular formula is C39H42ClN3O7. The Morgan fingerprint density at radius 2 is 1.60 bits per heavy atom. The van der Waals surface area contributed by atoms with Crippen molar-refractivity contribution in [2.24, 2.45) is 0 Å². The lowest BCUT2D eigenvalue weighted by Crippen LogP contribution is -2.46. The zero-order chi connectivity index (χ0) is 35.5. The monoisotopic (exact) mass is 699 g/mol. The Hall–Kier alpha value is -5.06. The van der Waals surface area contributed by atoms with Crippen LogP contribution in [0.1, 0.15) is 55.2 Å². The van der Waals surface area contributed by atoms with Gasteiger partial charge in [0.15, 0.2) is 0 Å². The average Bonchev–Trinajstić information content (AvgIpc) is 3.13. The molecule has 0 spiro atoms. The third-order valence-corrected chi connectivity index (χ3v) is 9.21. The van der Waals surface area contributed by atoms with Gasteiger partial charge >= 0.3 is 12.2 Å². The van der Waals surface area contributed by atoms with Gasteiger partial charge in [0, 0.05) is 35.7 Å². The minimum atomic E-state index is -1.04. The number of halogens is 1. The van der Waals surface area contributed by atoms with Crippen LogP contribution in [0.5, 0.6) is 5.75 Å². The summed E-state index contributed by atoms with van der Waals surface area (Å²) >= 11 is 6.32. The summed E-state index contributed by atoms with van der Waals surface area (Å²) in [5.74, 6) is 0.195. The fourth-order valence-corrected chi connectivity index (χ4v) is 6.56. The van der Waals surface area contributed by atoms with E-state index in [4.69, 9.17) is 21.1 Å². The molecule has 1 aliphatic carbocycles. The second-order valence-corrected chi connectivity index (χ2v) is 12.7. The van der Waals surface area contributed by atoms with Crippen LogP contribution in [-0.4, -0.2) is 47.5 Å². The van der Waals surface area contributed by atoms with Crippen molar-refractivity contribution >= 4 is 41.1 Å². The van der Waals surface area contributed by atoms with Gasteiger partial charge in [0.2, 0.25) is 5.91 Å². The second-order valence-electron chi connectivity index (χ2n) is 12.3. The first-order valence-corrected chi connectivity index (χ1v) is 17.1. The minimum Gasteiger partial charge on any atom is -0.496 e. The predicted molar refractivity (Wildman–Crippen MR) is 194 cm³/mol. The molecule has 262 valence electrons. The smallest absolute Gasteiger partial charge is 0.412 e. The molecule has 0 atom stereocenters. The Balaban J connectivity index is 1.24. The number of hydrogen-bond acceptors (Lipinski definition) is 6. The quantitative estimate of drug-likeness (QED) is 0.110. The van der Waals surface area contributed by atoms with Crippen molar-refractivity contribution in [3.63, 3.8) is 0 Å². The highest BCUT2D eigenvalue weighted by Gasteiger charge is 2.32. The van der Waals surface area contributed by atoms with E-state index in [1.165, 1.54) is 12.0 Å². The maximum atomic E-state index is 12.9. The van der Waals surface area contributed by atoms with Gasteiger partial charge in [0.1, 0.15) is 12.4 Å². The van der Waals surface area contributed by atoms with Crippen molar-refractivity contribution in [1.29, 1.82) is 0 Å². The Kier molecular flexibility index (Phi) is 12.7. The van der Waals surface area contributed by atoms with Crippen LogP contribution in [-0.2, 0) is 29.2 Å². The lowest BCUT2D eigenvalue weighted by molar-refractivity contribution is -0.116. The molecule has 5 rings (SSSR count). The number of carboxylic acid groups (broad SMARTS) is 1. The molecule has 0 saturated heterocycles. The van der Waals surface area contributed by atoms with E-state index < -0.39 is 12.2 Å². The van der Waals surface area contributed by atoms with Gasteiger partial charge in [0.25, 0.3) is 0 Å². The highest BCUT2D eigenvalue weighted by Crippen LogP contribution is 2.37. The van der Waals surface area contributed by atoms with Crippen LogP contribution in [0.3, 0.4) is 0 Å². The summed E-state index contributed by atoms with van der Waals surface area (Å²) in [6.45, 7) is -0.0627. The molecule has 10 nitrogen and oxygen atoms in total. The summed E-state index contributed by atoms with van der Waals surface area (Å²) < 4.78 is 10.7. The highest BCUT2D eigenvalue weighted by atomic mass is 35.5. The van der Waals surface area contributed by atoms with Crippen LogP contribution in [0.15, 0.2) is 91.0 Å². The number of carbonyl (C=O) groups excluding carboxylic acids is 2. The Morgan fingerprint density at radius 1 is 0.900 bits per heavy atom. The van der Waals surface area contributed by atoms with Crippen molar-refractivity contribution in [2.75, 3.05) is 17.3 Å². The first-order chi connectivity index (χ1) is 24.2. The highest BCUT2D eigenvalue weighted by molar-refractivity contribution is 6.33. The van der Waals surface area contributed by atoms with Crippen molar-refractivity contribution in [3.8, 4) is 16.9 Å². The second kappa shape index (κ2) is 17.6.